The molecule has 0 aromatic carbocycles. The molecule has 2 atom stereocenters. The van der Waals surface area contributed by atoms with Gasteiger partial charge < -0.3 is 15.0 Å². The number of ether oxygens (including phenoxy) is 1. The fraction of sp³-hybridized carbons (Fsp3) is 0.625. The van der Waals surface area contributed by atoms with E-state index in [0.717, 1.165) is 19.3 Å². The van der Waals surface area contributed by atoms with E-state index < -0.39 is 19.0 Å². The van der Waals surface area contributed by atoms with Gasteiger partial charge in [0.2, 0.25) is 5.88 Å². The van der Waals surface area contributed by atoms with Gasteiger partial charge in [0.05, 0.1) is 5.56 Å². The monoisotopic (exact) mass is 397 g/mol. The van der Waals surface area contributed by atoms with Gasteiger partial charge in [-0.1, -0.05) is 0 Å². The molecule has 0 aliphatic carbocycles. The van der Waals surface area contributed by atoms with E-state index in [1.165, 1.54) is 18.3 Å². The Hall–Kier alpha value is -1.61. The molecule has 2 aliphatic rings. The zero-order valence-electron chi connectivity index (χ0n) is 13.8. The normalized spacial score (nSPS) is 22.7. The van der Waals surface area contributed by atoms with Crippen molar-refractivity contribution in [2.45, 2.75) is 43.7 Å². The average molecular weight is 398 g/mol. The average Bonchev–Trinajstić information content (AvgIpc) is 2.92. The molecule has 2 aliphatic heterocycles. The first-order chi connectivity index (χ1) is 11.8. The molecule has 10 heteroatoms. The number of alkyl halides is 4. The van der Waals surface area contributed by atoms with Gasteiger partial charge in [-0.25, -0.2) is 13.8 Å². The second kappa shape index (κ2) is 8.39. The molecule has 1 amide bonds. The third-order valence-corrected chi connectivity index (χ3v) is 4.53. The summed E-state index contributed by atoms with van der Waals surface area (Å²) in [5, 5.41) is 3.48. The highest BCUT2D eigenvalue weighted by molar-refractivity contribution is 5.94. The molecule has 1 aromatic rings. The molecule has 0 spiro atoms. The van der Waals surface area contributed by atoms with E-state index >= 15 is 0 Å². The molecular formula is C16H20ClF4N3O2. The molecule has 1 aromatic heterocycles. The smallest absolute Gasteiger partial charge is 0.340 e. The Kier molecular flexibility index (Phi) is 6.68. The lowest BCUT2D eigenvalue weighted by Gasteiger charge is -2.24. The maximum Gasteiger partial charge on any atom is 0.340 e. The van der Waals surface area contributed by atoms with Crippen molar-refractivity contribution >= 4 is 18.3 Å². The number of likely N-dealkylation sites (tertiary alicyclic amines) is 1. The standard InChI is InChI=1S/C16H19F4N3O2.ClH/c17-15(18)16(19,20)9-25-13-4-1-10(7-21-13)14(24)23-6-5-11-2-3-12(8-23)22-11;/h1,4,7,11-12,15,22H,2-3,5-6,8-9H2;1H. The number of carbonyl (C=O) groups is 1. The minimum Gasteiger partial charge on any atom is -0.471 e. The number of amides is 1. The van der Waals surface area contributed by atoms with Crippen molar-refractivity contribution in [1.82, 2.24) is 15.2 Å². The highest BCUT2D eigenvalue weighted by atomic mass is 35.5. The largest absolute Gasteiger partial charge is 0.471 e. The first-order valence-electron chi connectivity index (χ1n) is 8.15. The van der Waals surface area contributed by atoms with Crippen LogP contribution >= 0.6 is 12.4 Å². The summed E-state index contributed by atoms with van der Waals surface area (Å²) in [6, 6.07) is 3.38. The zero-order chi connectivity index (χ0) is 18.0. The summed E-state index contributed by atoms with van der Waals surface area (Å²) >= 11 is 0. The summed E-state index contributed by atoms with van der Waals surface area (Å²) in [6.45, 7) is -0.202. The zero-order valence-corrected chi connectivity index (χ0v) is 14.7. The second-order valence-corrected chi connectivity index (χ2v) is 6.41. The van der Waals surface area contributed by atoms with Crippen LogP contribution in [0.3, 0.4) is 0 Å². The van der Waals surface area contributed by atoms with Crippen LogP contribution in [-0.4, -0.2) is 59.9 Å². The number of nitrogens with one attached hydrogen (secondary N) is 1. The predicted molar refractivity (Wildman–Crippen MR) is 88.4 cm³/mol. The van der Waals surface area contributed by atoms with Gasteiger partial charge in [0.15, 0.2) is 6.61 Å². The number of fused-ring (bicyclic) bond motifs is 2. The highest BCUT2D eigenvalue weighted by Crippen LogP contribution is 2.24. The minimum absolute atomic E-state index is 0. The molecule has 5 nitrogen and oxygen atoms in total. The molecular weight excluding hydrogens is 378 g/mol. The third kappa shape index (κ3) is 4.76. The van der Waals surface area contributed by atoms with E-state index in [0.29, 0.717) is 30.7 Å². The van der Waals surface area contributed by atoms with E-state index in [2.05, 4.69) is 15.0 Å². The van der Waals surface area contributed by atoms with Crippen LogP contribution in [0.4, 0.5) is 17.6 Å². The number of rotatable bonds is 5. The summed E-state index contributed by atoms with van der Waals surface area (Å²) in [5.41, 5.74) is 0.311. The van der Waals surface area contributed by atoms with E-state index in [9.17, 15) is 22.4 Å². The molecule has 2 fully saturated rings. The Morgan fingerprint density at radius 1 is 1.31 bits per heavy atom. The van der Waals surface area contributed by atoms with Gasteiger partial charge in [-0.05, 0) is 25.3 Å². The lowest BCUT2D eigenvalue weighted by molar-refractivity contribution is -0.148. The molecule has 26 heavy (non-hydrogen) atoms. The molecule has 0 saturated carbocycles. The third-order valence-electron chi connectivity index (χ3n) is 4.53. The summed E-state index contributed by atoms with van der Waals surface area (Å²) < 4.78 is 54.4. The Labute approximate surface area is 154 Å². The van der Waals surface area contributed by atoms with Crippen LogP contribution in [0.5, 0.6) is 5.88 Å². The number of pyridine rings is 1. The number of carbonyl (C=O) groups excluding carboxylic acids is 1. The molecule has 3 rings (SSSR count). The summed E-state index contributed by atoms with van der Waals surface area (Å²) in [4.78, 5) is 18.1. The first kappa shape index (κ1) is 20.7. The van der Waals surface area contributed by atoms with Crippen LogP contribution in [0.1, 0.15) is 29.6 Å². The molecule has 3 heterocycles. The van der Waals surface area contributed by atoms with Crippen molar-refractivity contribution in [2.24, 2.45) is 0 Å². The van der Waals surface area contributed by atoms with Crippen molar-refractivity contribution in [3.8, 4) is 5.88 Å². The van der Waals surface area contributed by atoms with Crippen LogP contribution in [0, 0.1) is 0 Å². The number of aromatic nitrogens is 1. The Bertz CT molecular complexity index is 618. The number of halogens is 5. The van der Waals surface area contributed by atoms with Crippen LogP contribution in [0.2, 0.25) is 0 Å². The van der Waals surface area contributed by atoms with Gasteiger partial charge >= 0.3 is 12.3 Å². The molecule has 2 bridgehead atoms. The van der Waals surface area contributed by atoms with Gasteiger partial charge in [0.1, 0.15) is 0 Å². The Morgan fingerprint density at radius 3 is 2.69 bits per heavy atom. The van der Waals surface area contributed by atoms with Gasteiger partial charge in [-0.2, -0.15) is 8.78 Å². The molecule has 146 valence electrons. The number of nitrogens with zero attached hydrogens (tertiary/aromatic N) is 2. The second-order valence-electron chi connectivity index (χ2n) is 6.41. The van der Waals surface area contributed by atoms with E-state index in [4.69, 9.17) is 0 Å². The van der Waals surface area contributed by atoms with Crippen LogP contribution in [0.15, 0.2) is 18.3 Å². The highest BCUT2D eigenvalue weighted by Gasteiger charge is 2.41. The maximum atomic E-state index is 12.8. The van der Waals surface area contributed by atoms with Gasteiger partial charge in [0.25, 0.3) is 5.91 Å². The van der Waals surface area contributed by atoms with Crippen molar-refractivity contribution in [3.63, 3.8) is 0 Å². The maximum absolute atomic E-state index is 12.8. The lowest BCUT2D eigenvalue weighted by Crippen LogP contribution is -2.39. The molecule has 2 unspecified atom stereocenters. The van der Waals surface area contributed by atoms with Gasteiger partial charge in [-0.3, -0.25) is 4.79 Å². The minimum atomic E-state index is -4.24. The van der Waals surface area contributed by atoms with Crippen LogP contribution < -0.4 is 10.1 Å². The molecule has 1 N–H and O–H groups in total. The topological polar surface area (TPSA) is 54.5 Å². The van der Waals surface area contributed by atoms with Gasteiger partial charge in [0, 0.05) is 37.4 Å². The van der Waals surface area contributed by atoms with E-state index in [1.807, 2.05) is 0 Å². The first-order valence-corrected chi connectivity index (χ1v) is 8.15. The van der Waals surface area contributed by atoms with E-state index in [-0.39, 0.29) is 24.2 Å². The quantitative estimate of drug-likeness (QED) is 0.776. The summed E-state index contributed by atoms with van der Waals surface area (Å²) in [5.74, 6) is -4.66. The van der Waals surface area contributed by atoms with Crippen LogP contribution in [-0.2, 0) is 0 Å². The van der Waals surface area contributed by atoms with Gasteiger partial charge in [-0.15, -0.1) is 12.4 Å². The lowest BCUT2D eigenvalue weighted by atomic mass is 10.1. The Morgan fingerprint density at radius 2 is 2.04 bits per heavy atom. The molecule has 2 saturated heterocycles. The van der Waals surface area contributed by atoms with Crippen molar-refractivity contribution in [2.75, 3.05) is 19.7 Å². The number of hydrogen-bond acceptors (Lipinski definition) is 4. The predicted octanol–water partition coefficient (Wildman–Crippen LogP) is 2.75. The molecule has 0 radical (unpaired) electrons. The fourth-order valence-electron chi connectivity index (χ4n) is 3.14. The van der Waals surface area contributed by atoms with Crippen molar-refractivity contribution in [3.05, 3.63) is 23.9 Å². The summed E-state index contributed by atoms with van der Waals surface area (Å²) in [6.07, 6.45) is 0.468. The van der Waals surface area contributed by atoms with Crippen LogP contribution in [0.25, 0.3) is 0 Å². The van der Waals surface area contributed by atoms with Crippen molar-refractivity contribution < 1.29 is 27.1 Å². The fourth-order valence-corrected chi connectivity index (χ4v) is 3.14. The number of hydrogen-bond donors (Lipinski definition) is 1. The van der Waals surface area contributed by atoms with E-state index in [1.54, 1.807) is 4.90 Å². The SMILES string of the molecule is Cl.O=C(c1ccc(OCC(F)(F)C(F)F)nc1)N1CCC2CCC(C1)N2. The summed E-state index contributed by atoms with van der Waals surface area (Å²) in [7, 11) is 0. The van der Waals surface area contributed by atoms with Crippen molar-refractivity contribution in [1.29, 1.82) is 0 Å². The Balaban J connectivity index is 0.00000243.